The van der Waals surface area contributed by atoms with Gasteiger partial charge in [0, 0.05) is 12.6 Å². The van der Waals surface area contributed by atoms with Crippen LogP contribution in [0.4, 0.5) is 0 Å². The molecule has 0 fully saturated rings. The summed E-state index contributed by atoms with van der Waals surface area (Å²) in [5.41, 5.74) is 0.497. The molecule has 0 radical (unpaired) electrons. The fraction of sp³-hybridized carbons (Fsp3) is 0.600. The molecule has 1 unspecified atom stereocenters. The van der Waals surface area contributed by atoms with Crippen molar-refractivity contribution in [2.45, 2.75) is 53.0 Å². The maximum absolute atomic E-state index is 11.9. The van der Waals surface area contributed by atoms with Gasteiger partial charge in [0.1, 0.15) is 11.6 Å². The number of rotatable bonds is 6. The molecule has 4 heteroatoms. The summed E-state index contributed by atoms with van der Waals surface area (Å²) in [7, 11) is 0. The van der Waals surface area contributed by atoms with Crippen molar-refractivity contribution < 1.29 is 5.11 Å². The number of unbranched alkanes of at least 4 members (excludes halogenated alkanes) is 1. The highest BCUT2D eigenvalue weighted by Crippen LogP contribution is 2.21. The molecule has 19 heavy (non-hydrogen) atoms. The van der Waals surface area contributed by atoms with Crippen LogP contribution in [0.1, 0.15) is 50.7 Å². The van der Waals surface area contributed by atoms with Gasteiger partial charge in [0.2, 0.25) is 5.88 Å². The Hall–Kier alpha value is -1.76. The van der Waals surface area contributed by atoms with Crippen molar-refractivity contribution in [2.24, 2.45) is 5.92 Å². The Kier molecular flexibility index (Phi) is 5.62. The number of nitrogens with zero attached hydrogens (tertiary/aromatic N) is 2. The summed E-state index contributed by atoms with van der Waals surface area (Å²) in [6.07, 6.45) is 4.23. The van der Waals surface area contributed by atoms with Crippen LogP contribution in [0.15, 0.2) is 10.9 Å². The largest absolute Gasteiger partial charge is 0.493 e. The lowest BCUT2D eigenvalue weighted by Crippen LogP contribution is -2.24. The van der Waals surface area contributed by atoms with Gasteiger partial charge in [-0.2, -0.15) is 5.26 Å². The molecule has 4 nitrogen and oxygen atoms in total. The van der Waals surface area contributed by atoms with Gasteiger partial charge in [0.25, 0.3) is 5.56 Å². The Morgan fingerprint density at radius 1 is 1.47 bits per heavy atom. The standard InChI is InChI=1S/C15H22N2O2/c1-4-6-7-12(5-2)10-17-14(18)8-11(3)13(9-16)15(17)19/h8,12,19H,4-7,10H2,1-3H3. The highest BCUT2D eigenvalue weighted by molar-refractivity contribution is 5.43. The third-order valence-corrected chi connectivity index (χ3v) is 3.58. The maximum Gasteiger partial charge on any atom is 0.253 e. The number of pyridine rings is 1. The molecule has 0 amide bonds. The number of hydrogen-bond donors (Lipinski definition) is 1. The predicted molar refractivity (Wildman–Crippen MR) is 75.1 cm³/mol. The van der Waals surface area contributed by atoms with Gasteiger partial charge < -0.3 is 5.11 Å². The second-order valence-corrected chi connectivity index (χ2v) is 5.00. The van der Waals surface area contributed by atoms with E-state index in [1.54, 1.807) is 6.92 Å². The molecule has 1 rings (SSSR count). The minimum absolute atomic E-state index is 0.192. The van der Waals surface area contributed by atoms with Crippen LogP contribution in [0.5, 0.6) is 5.88 Å². The first kappa shape index (κ1) is 15.3. The molecule has 104 valence electrons. The zero-order valence-electron chi connectivity index (χ0n) is 11.9. The molecule has 1 atom stereocenters. The van der Waals surface area contributed by atoms with Gasteiger partial charge in [-0.05, 0) is 24.8 Å². The third kappa shape index (κ3) is 3.60. The van der Waals surface area contributed by atoms with E-state index in [9.17, 15) is 9.90 Å². The van der Waals surface area contributed by atoms with E-state index in [1.165, 1.54) is 10.6 Å². The topological polar surface area (TPSA) is 66.0 Å². The van der Waals surface area contributed by atoms with Crippen molar-refractivity contribution in [1.29, 1.82) is 5.26 Å². The van der Waals surface area contributed by atoms with Crippen molar-refractivity contribution in [3.8, 4) is 11.9 Å². The first-order valence-corrected chi connectivity index (χ1v) is 6.88. The van der Waals surface area contributed by atoms with E-state index in [-0.39, 0.29) is 17.0 Å². The lowest BCUT2D eigenvalue weighted by atomic mass is 9.99. The van der Waals surface area contributed by atoms with Gasteiger partial charge in [-0.15, -0.1) is 0 Å². The van der Waals surface area contributed by atoms with E-state index in [2.05, 4.69) is 13.8 Å². The van der Waals surface area contributed by atoms with Crippen LogP contribution < -0.4 is 5.56 Å². The summed E-state index contributed by atoms with van der Waals surface area (Å²) in [6, 6.07) is 3.38. The Morgan fingerprint density at radius 2 is 2.16 bits per heavy atom. The smallest absolute Gasteiger partial charge is 0.253 e. The number of aryl methyl sites for hydroxylation is 1. The Balaban J connectivity index is 3.07. The molecule has 0 saturated carbocycles. The van der Waals surface area contributed by atoms with E-state index in [0.717, 1.165) is 25.7 Å². The molecule has 1 heterocycles. The first-order valence-electron chi connectivity index (χ1n) is 6.88. The number of hydrogen-bond acceptors (Lipinski definition) is 3. The summed E-state index contributed by atoms with van der Waals surface area (Å²) in [5, 5.41) is 19.1. The minimum atomic E-state index is -0.232. The van der Waals surface area contributed by atoms with E-state index >= 15 is 0 Å². The number of aromatic nitrogens is 1. The molecule has 0 saturated heterocycles. The molecular formula is C15H22N2O2. The molecule has 0 aliphatic heterocycles. The average Bonchev–Trinajstić information content (AvgIpc) is 2.38. The van der Waals surface area contributed by atoms with Crippen LogP contribution >= 0.6 is 0 Å². The van der Waals surface area contributed by atoms with Crippen molar-refractivity contribution in [2.75, 3.05) is 0 Å². The number of nitriles is 1. The Labute approximate surface area is 114 Å². The van der Waals surface area contributed by atoms with Gasteiger partial charge in [-0.3, -0.25) is 9.36 Å². The summed E-state index contributed by atoms with van der Waals surface area (Å²) < 4.78 is 1.33. The fourth-order valence-corrected chi connectivity index (χ4v) is 2.24. The van der Waals surface area contributed by atoms with E-state index in [1.807, 2.05) is 6.07 Å². The second kappa shape index (κ2) is 6.98. The highest BCUT2D eigenvalue weighted by Gasteiger charge is 2.15. The second-order valence-electron chi connectivity index (χ2n) is 5.00. The SMILES string of the molecule is CCCCC(CC)Cn1c(O)c(C#N)c(C)cc1=O. The summed E-state index contributed by atoms with van der Waals surface area (Å²) in [5.74, 6) is 0.167. The molecule has 1 N–H and O–H groups in total. The molecule has 0 aliphatic carbocycles. The lowest BCUT2D eigenvalue weighted by Gasteiger charge is -2.18. The summed E-state index contributed by atoms with van der Waals surface area (Å²) in [4.78, 5) is 11.9. The van der Waals surface area contributed by atoms with Crippen molar-refractivity contribution in [1.82, 2.24) is 4.57 Å². The quantitative estimate of drug-likeness (QED) is 0.857. The van der Waals surface area contributed by atoms with Crippen molar-refractivity contribution in [3.63, 3.8) is 0 Å². The highest BCUT2D eigenvalue weighted by atomic mass is 16.3. The predicted octanol–water partition coefficient (Wildman–Crippen LogP) is 2.95. The van der Waals surface area contributed by atoms with Crippen molar-refractivity contribution in [3.05, 3.63) is 27.5 Å². The van der Waals surface area contributed by atoms with Crippen LogP contribution in [-0.2, 0) is 6.54 Å². The monoisotopic (exact) mass is 262 g/mol. The van der Waals surface area contributed by atoms with Gasteiger partial charge >= 0.3 is 0 Å². The summed E-state index contributed by atoms with van der Waals surface area (Å²) >= 11 is 0. The molecule has 0 aromatic carbocycles. The minimum Gasteiger partial charge on any atom is -0.493 e. The Morgan fingerprint density at radius 3 is 2.68 bits per heavy atom. The average molecular weight is 262 g/mol. The molecule has 0 spiro atoms. The van der Waals surface area contributed by atoms with Gasteiger partial charge in [-0.1, -0.05) is 33.1 Å². The molecule has 0 bridgehead atoms. The molecule has 0 aliphatic rings. The van der Waals surface area contributed by atoms with Gasteiger partial charge in [0.15, 0.2) is 0 Å². The lowest BCUT2D eigenvalue weighted by molar-refractivity contribution is 0.339. The number of aromatic hydroxyl groups is 1. The Bertz CT molecular complexity index is 526. The van der Waals surface area contributed by atoms with Crippen LogP contribution in [0, 0.1) is 24.2 Å². The third-order valence-electron chi connectivity index (χ3n) is 3.58. The van der Waals surface area contributed by atoms with Gasteiger partial charge in [-0.25, -0.2) is 0 Å². The first-order chi connectivity index (χ1) is 9.04. The summed E-state index contributed by atoms with van der Waals surface area (Å²) in [6.45, 7) is 6.37. The zero-order chi connectivity index (χ0) is 14.4. The van der Waals surface area contributed by atoms with Crippen LogP contribution in [-0.4, -0.2) is 9.67 Å². The van der Waals surface area contributed by atoms with Gasteiger partial charge in [0.05, 0.1) is 0 Å². The van der Waals surface area contributed by atoms with Crippen LogP contribution in [0.2, 0.25) is 0 Å². The molecular weight excluding hydrogens is 240 g/mol. The zero-order valence-corrected chi connectivity index (χ0v) is 11.9. The van der Waals surface area contributed by atoms with E-state index in [4.69, 9.17) is 5.26 Å². The van der Waals surface area contributed by atoms with E-state index in [0.29, 0.717) is 18.0 Å². The molecule has 1 aromatic rings. The normalized spacial score (nSPS) is 12.1. The van der Waals surface area contributed by atoms with E-state index < -0.39 is 0 Å². The maximum atomic E-state index is 11.9. The molecule has 1 aromatic heterocycles. The fourth-order valence-electron chi connectivity index (χ4n) is 2.24. The van der Waals surface area contributed by atoms with Crippen molar-refractivity contribution >= 4 is 0 Å². The van der Waals surface area contributed by atoms with Crippen LogP contribution in [0.25, 0.3) is 0 Å². The van der Waals surface area contributed by atoms with Crippen LogP contribution in [0.3, 0.4) is 0 Å².